The lowest BCUT2D eigenvalue weighted by atomic mass is 9.90. The van der Waals surface area contributed by atoms with Crippen molar-refractivity contribution in [1.82, 2.24) is 14.7 Å². The summed E-state index contributed by atoms with van der Waals surface area (Å²) in [6, 6.07) is 7.24. The number of hydrogen-bond acceptors (Lipinski definition) is 2. The van der Waals surface area contributed by atoms with E-state index in [2.05, 4.69) is 23.1 Å². The number of piperidine rings is 1. The normalized spacial score (nSPS) is 18.8. The Bertz CT molecular complexity index is 582. The molecule has 0 saturated carbocycles. The van der Waals surface area contributed by atoms with E-state index in [1.807, 2.05) is 30.1 Å². The van der Waals surface area contributed by atoms with Gasteiger partial charge in [0.1, 0.15) is 5.82 Å². The first-order valence-electron chi connectivity index (χ1n) is 7.61. The highest BCUT2D eigenvalue weighted by Crippen LogP contribution is 2.31. The van der Waals surface area contributed by atoms with E-state index in [4.69, 9.17) is 0 Å². The van der Waals surface area contributed by atoms with Gasteiger partial charge in [0.25, 0.3) is 0 Å². The lowest BCUT2D eigenvalue weighted by Gasteiger charge is -2.36. The first-order chi connectivity index (χ1) is 10.1. The minimum absolute atomic E-state index is 0.166. The van der Waals surface area contributed by atoms with Crippen LogP contribution in [-0.4, -0.2) is 27.8 Å². The maximum Gasteiger partial charge on any atom is 0.123 e. The minimum atomic E-state index is -0.166. The van der Waals surface area contributed by atoms with Crippen LogP contribution in [0.25, 0.3) is 0 Å². The largest absolute Gasteiger partial charge is 0.297 e. The van der Waals surface area contributed by atoms with E-state index in [9.17, 15) is 4.39 Å². The number of rotatable bonds is 3. The van der Waals surface area contributed by atoms with Crippen molar-refractivity contribution in [2.45, 2.75) is 31.7 Å². The first kappa shape index (κ1) is 14.3. The highest BCUT2D eigenvalue weighted by atomic mass is 19.1. The third kappa shape index (κ3) is 3.16. The van der Waals surface area contributed by atoms with Gasteiger partial charge in [0, 0.05) is 19.3 Å². The van der Waals surface area contributed by atoms with E-state index in [1.165, 1.54) is 11.1 Å². The average molecular weight is 287 g/mol. The molecule has 0 radical (unpaired) electrons. The molecular weight excluding hydrogens is 265 g/mol. The zero-order valence-corrected chi connectivity index (χ0v) is 12.7. The first-order valence-corrected chi connectivity index (χ1v) is 7.61. The smallest absolute Gasteiger partial charge is 0.123 e. The van der Waals surface area contributed by atoms with Gasteiger partial charge in [-0.2, -0.15) is 5.10 Å². The minimum Gasteiger partial charge on any atom is -0.297 e. The second-order valence-electron chi connectivity index (χ2n) is 5.99. The lowest BCUT2D eigenvalue weighted by molar-refractivity contribution is 0.162. The fourth-order valence-corrected chi connectivity index (χ4v) is 3.22. The molecule has 0 bridgehead atoms. The number of hydrogen-bond donors (Lipinski definition) is 0. The molecule has 4 heteroatoms. The van der Waals surface area contributed by atoms with Crippen LogP contribution in [0.2, 0.25) is 0 Å². The Balaban J connectivity index is 1.61. The fourth-order valence-electron chi connectivity index (χ4n) is 3.22. The number of aromatic nitrogens is 2. The van der Waals surface area contributed by atoms with Crippen LogP contribution in [0.5, 0.6) is 0 Å². The molecule has 1 aliphatic rings. The summed E-state index contributed by atoms with van der Waals surface area (Å²) in [5.74, 6) is 0.455. The van der Waals surface area contributed by atoms with Crippen LogP contribution in [0.4, 0.5) is 4.39 Å². The quantitative estimate of drug-likeness (QED) is 0.861. The SMILES string of the molecule is C[C@H](c1ccc(F)cc1)N1CCC(c2cnn(C)c2)CC1. The third-order valence-corrected chi connectivity index (χ3v) is 4.63. The summed E-state index contributed by atoms with van der Waals surface area (Å²) in [5, 5.41) is 4.27. The number of likely N-dealkylation sites (tertiary alicyclic amines) is 1. The van der Waals surface area contributed by atoms with Crippen LogP contribution in [0, 0.1) is 5.82 Å². The predicted molar refractivity (Wildman–Crippen MR) is 81.6 cm³/mol. The molecule has 3 nitrogen and oxygen atoms in total. The maximum absolute atomic E-state index is 13.0. The van der Waals surface area contributed by atoms with Crippen molar-refractivity contribution in [2.75, 3.05) is 13.1 Å². The molecule has 1 aliphatic heterocycles. The van der Waals surface area contributed by atoms with E-state index in [1.54, 1.807) is 12.1 Å². The molecular formula is C17H22FN3. The Morgan fingerprint density at radius 2 is 1.86 bits per heavy atom. The number of nitrogens with zero attached hydrogens (tertiary/aromatic N) is 3. The Kier molecular flexibility index (Phi) is 4.06. The summed E-state index contributed by atoms with van der Waals surface area (Å²) < 4.78 is 14.9. The third-order valence-electron chi connectivity index (χ3n) is 4.63. The van der Waals surface area contributed by atoms with Gasteiger partial charge in [-0.1, -0.05) is 12.1 Å². The molecule has 21 heavy (non-hydrogen) atoms. The van der Waals surface area contributed by atoms with Crippen LogP contribution >= 0.6 is 0 Å². The molecule has 112 valence electrons. The molecule has 3 rings (SSSR count). The molecule has 2 heterocycles. The zero-order chi connectivity index (χ0) is 14.8. The Hall–Kier alpha value is -1.68. The second-order valence-corrected chi connectivity index (χ2v) is 5.99. The summed E-state index contributed by atoms with van der Waals surface area (Å²) in [6.45, 7) is 4.37. The van der Waals surface area contributed by atoms with Gasteiger partial charge >= 0.3 is 0 Å². The molecule has 0 unspecified atom stereocenters. The Morgan fingerprint density at radius 1 is 1.19 bits per heavy atom. The summed E-state index contributed by atoms with van der Waals surface area (Å²) in [7, 11) is 1.97. The molecule has 2 aromatic rings. The van der Waals surface area contributed by atoms with Gasteiger partial charge in [0.15, 0.2) is 0 Å². The van der Waals surface area contributed by atoms with Crippen LogP contribution < -0.4 is 0 Å². The zero-order valence-electron chi connectivity index (χ0n) is 12.7. The monoisotopic (exact) mass is 287 g/mol. The maximum atomic E-state index is 13.0. The number of benzene rings is 1. The summed E-state index contributed by atoms with van der Waals surface area (Å²) in [6.07, 6.45) is 6.45. The summed E-state index contributed by atoms with van der Waals surface area (Å²) >= 11 is 0. The van der Waals surface area contributed by atoms with Crippen LogP contribution in [0.15, 0.2) is 36.7 Å². The van der Waals surface area contributed by atoms with E-state index < -0.39 is 0 Å². The van der Waals surface area contributed by atoms with Gasteiger partial charge in [0.05, 0.1) is 6.20 Å². The molecule has 0 N–H and O–H groups in total. The van der Waals surface area contributed by atoms with Crippen molar-refractivity contribution < 1.29 is 4.39 Å². The topological polar surface area (TPSA) is 21.1 Å². The average Bonchev–Trinajstić information content (AvgIpc) is 2.94. The molecule has 1 aromatic heterocycles. The summed E-state index contributed by atoms with van der Waals surface area (Å²) in [5.41, 5.74) is 2.54. The molecule has 0 aliphatic carbocycles. The van der Waals surface area contributed by atoms with E-state index in [-0.39, 0.29) is 5.82 Å². The molecule has 0 spiro atoms. The van der Waals surface area contributed by atoms with Gasteiger partial charge in [-0.15, -0.1) is 0 Å². The Morgan fingerprint density at radius 3 is 2.43 bits per heavy atom. The molecule has 1 atom stereocenters. The van der Waals surface area contributed by atoms with Crippen molar-refractivity contribution in [2.24, 2.45) is 7.05 Å². The second kappa shape index (κ2) is 5.98. The Labute approximate surface area is 125 Å². The molecule has 0 amide bonds. The van der Waals surface area contributed by atoms with Crippen molar-refractivity contribution in [3.63, 3.8) is 0 Å². The van der Waals surface area contributed by atoms with Crippen molar-refractivity contribution in [3.05, 3.63) is 53.6 Å². The van der Waals surface area contributed by atoms with Crippen molar-refractivity contribution in [3.8, 4) is 0 Å². The van der Waals surface area contributed by atoms with Gasteiger partial charge in [-0.25, -0.2) is 4.39 Å². The van der Waals surface area contributed by atoms with E-state index >= 15 is 0 Å². The number of aryl methyl sites for hydroxylation is 1. The van der Waals surface area contributed by atoms with Gasteiger partial charge in [-0.3, -0.25) is 9.58 Å². The van der Waals surface area contributed by atoms with Gasteiger partial charge < -0.3 is 0 Å². The van der Waals surface area contributed by atoms with Crippen LogP contribution in [-0.2, 0) is 7.05 Å². The molecule has 1 aromatic carbocycles. The highest BCUT2D eigenvalue weighted by molar-refractivity contribution is 5.20. The van der Waals surface area contributed by atoms with E-state index in [0.29, 0.717) is 12.0 Å². The molecule has 1 saturated heterocycles. The summed E-state index contributed by atoms with van der Waals surface area (Å²) in [4.78, 5) is 2.49. The number of halogens is 1. The van der Waals surface area contributed by atoms with Crippen molar-refractivity contribution in [1.29, 1.82) is 0 Å². The fraction of sp³-hybridized carbons (Fsp3) is 0.471. The highest BCUT2D eigenvalue weighted by Gasteiger charge is 2.25. The van der Waals surface area contributed by atoms with Gasteiger partial charge in [-0.05, 0) is 62.0 Å². The van der Waals surface area contributed by atoms with Crippen molar-refractivity contribution >= 4 is 0 Å². The standard InChI is InChI=1S/C17H22FN3/c1-13(14-3-5-17(18)6-4-14)21-9-7-15(8-10-21)16-11-19-20(2)12-16/h3-6,11-13,15H,7-10H2,1-2H3/t13-/m1/s1. The lowest BCUT2D eigenvalue weighted by Crippen LogP contribution is -2.35. The van der Waals surface area contributed by atoms with Crippen LogP contribution in [0.3, 0.4) is 0 Å². The van der Waals surface area contributed by atoms with Gasteiger partial charge in [0.2, 0.25) is 0 Å². The van der Waals surface area contributed by atoms with E-state index in [0.717, 1.165) is 25.9 Å². The van der Waals surface area contributed by atoms with Crippen LogP contribution in [0.1, 0.15) is 42.9 Å². The molecule has 1 fully saturated rings. The predicted octanol–water partition coefficient (Wildman–Crippen LogP) is 3.50.